The molecule has 0 saturated heterocycles. The summed E-state index contributed by atoms with van der Waals surface area (Å²) < 4.78 is 0. The van der Waals surface area contributed by atoms with Crippen LogP contribution in [-0.4, -0.2) is 15.0 Å². The number of pyridine rings is 1. The summed E-state index contributed by atoms with van der Waals surface area (Å²) in [6.45, 7) is 0. The molecule has 0 aliphatic carbocycles. The van der Waals surface area contributed by atoms with Gasteiger partial charge in [0.05, 0.1) is 39.4 Å². The summed E-state index contributed by atoms with van der Waals surface area (Å²) >= 11 is 0. The maximum Gasteiger partial charge on any atom is 0.160 e. The number of anilines is 3. The number of hydrogen-bond donors (Lipinski definition) is 0. The smallest absolute Gasteiger partial charge is 0.160 e. The van der Waals surface area contributed by atoms with Crippen molar-refractivity contribution < 1.29 is 0 Å². The van der Waals surface area contributed by atoms with Crippen LogP contribution in [0.25, 0.3) is 67.2 Å². The number of nitrogens with zero attached hydrogens (tertiary/aromatic N) is 4. The highest BCUT2D eigenvalue weighted by Gasteiger charge is 2.28. The molecule has 0 radical (unpaired) electrons. The van der Waals surface area contributed by atoms with Gasteiger partial charge in [-0.1, -0.05) is 127 Å². The summed E-state index contributed by atoms with van der Waals surface area (Å²) in [5.41, 5.74) is 13.4. The molecular formula is C43H28N4. The molecule has 0 spiro atoms. The number of fused-ring (bicyclic) bond motifs is 2. The van der Waals surface area contributed by atoms with Crippen LogP contribution in [0.4, 0.5) is 17.1 Å². The van der Waals surface area contributed by atoms with Gasteiger partial charge in [-0.2, -0.15) is 0 Å². The predicted molar refractivity (Wildman–Crippen MR) is 193 cm³/mol. The van der Waals surface area contributed by atoms with Crippen LogP contribution in [0.5, 0.6) is 0 Å². The third-order valence-corrected chi connectivity index (χ3v) is 8.78. The molecule has 4 nitrogen and oxygen atoms in total. The van der Waals surface area contributed by atoms with E-state index in [9.17, 15) is 0 Å². The van der Waals surface area contributed by atoms with E-state index in [2.05, 4.69) is 150 Å². The van der Waals surface area contributed by atoms with E-state index in [0.29, 0.717) is 0 Å². The molecule has 4 heteroatoms. The second kappa shape index (κ2) is 11.2. The minimum atomic E-state index is 0.731. The van der Waals surface area contributed by atoms with Gasteiger partial charge in [0.25, 0.3) is 0 Å². The van der Waals surface area contributed by atoms with Gasteiger partial charge in [-0.3, -0.25) is 0 Å². The molecule has 0 unspecified atom stereocenters. The van der Waals surface area contributed by atoms with Gasteiger partial charge in [0.2, 0.25) is 0 Å². The van der Waals surface area contributed by atoms with Crippen LogP contribution >= 0.6 is 0 Å². The first kappa shape index (κ1) is 27.0. The summed E-state index contributed by atoms with van der Waals surface area (Å²) in [6, 6.07) is 59.0. The van der Waals surface area contributed by atoms with E-state index in [4.69, 9.17) is 15.0 Å². The van der Waals surface area contributed by atoms with Crippen LogP contribution in [0, 0.1) is 0 Å². The van der Waals surface area contributed by atoms with Crippen molar-refractivity contribution in [2.24, 2.45) is 0 Å². The highest BCUT2D eigenvalue weighted by atomic mass is 15.2. The summed E-state index contributed by atoms with van der Waals surface area (Å²) in [5, 5.41) is 1.05. The van der Waals surface area contributed by atoms with Crippen LogP contribution in [0.2, 0.25) is 0 Å². The Labute approximate surface area is 273 Å². The number of aromatic nitrogens is 3. The summed E-state index contributed by atoms with van der Waals surface area (Å²) in [6.07, 6.45) is 0. The molecule has 47 heavy (non-hydrogen) atoms. The zero-order valence-corrected chi connectivity index (χ0v) is 25.5. The Hall–Kier alpha value is -6.39. The fourth-order valence-corrected chi connectivity index (χ4v) is 6.58. The average molecular weight is 601 g/mol. The lowest BCUT2D eigenvalue weighted by Gasteiger charge is -2.33. The molecule has 0 bridgehead atoms. The molecule has 0 fully saturated rings. The van der Waals surface area contributed by atoms with Crippen LogP contribution in [0.3, 0.4) is 0 Å². The molecule has 0 saturated carbocycles. The maximum atomic E-state index is 5.20. The zero-order valence-electron chi connectivity index (χ0n) is 25.5. The third kappa shape index (κ3) is 4.75. The minimum absolute atomic E-state index is 0.731. The van der Waals surface area contributed by atoms with E-state index in [1.54, 1.807) is 0 Å². The largest absolute Gasteiger partial charge is 0.309 e. The van der Waals surface area contributed by atoms with Crippen LogP contribution in [0.1, 0.15) is 0 Å². The molecule has 1 aliphatic heterocycles. The highest BCUT2D eigenvalue weighted by Crippen LogP contribution is 2.50. The molecule has 0 atom stereocenters. The number of benzene rings is 6. The Morgan fingerprint density at radius 2 is 0.979 bits per heavy atom. The maximum absolute atomic E-state index is 5.20. The second-order valence-electron chi connectivity index (χ2n) is 11.7. The van der Waals surface area contributed by atoms with Gasteiger partial charge in [-0.25, -0.2) is 15.0 Å². The molecule has 2 aromatic heterocycles. The first-order valence-electron chi connectivity index (χ1n) is 15.8. The van der Waals surface area contributed by atoms with E-state index in [1.165, 1.54) is 0 Å². The van der Waals surface area contributed by atoms with Crippen molar-refractivity contribution in [3.8, 4) is 56.3 Å². The normalized spacial score (nSPS) is 11.8. The van der Waals surface area contributed by atoms with Crippen molar-refractivity contribution in [3.63, 3.8) is 0 Å². The van der Waals surface area contributed by atoms with Crippen molar-refractivity contribution in [2.45, 2.75) is 0 Å². The Bertz CT molecular complexity index is 2350. The van der Waals surface area contributed by atoms with Crippen LogP contribution in [0.15, 0.2) is 170 Å². The zero-order chi connectivity index (χ0) is 31.2. The molecule has 8 aromatic rings. The fourth-order valence-electron chi connectivity index (χ4n) is 6.58. The van der Waals surface area contributed by atoms with Gasteiger partial charge in [0, 0.05) is 27.9 Å². The van der Waals surface area contributed by atoms with Gasteiger partial charge in [-0.15, -0.1) is 0 Å². The van der Waals surface area contributed by atoms with Crippen molar-refractivity contribution in [2.75, 3.05) is 4.90 Å². The average Bonchev–Trinajstić information content (AvgIpc) is 3.16. The van der Waals surface area contributed by atoms with Crippen LogP contribution in [-0.2, 0) is 0 Å². The molecule has 0 N–H and O–H groups in total. The first-order valence-corrected chi connectivity index (χ1v) is 15.8. The topological polar surface area (TPSA) is 41.9 Å². The molecular weight excluding hydrogens is 573 g/mol. The number of para-hydroxylation sites is 1. The molecule has 3 heterocycles. The lowest BCUT2D eigenvalue weighted by Crippen LogP contribution is -2.16. The molecule has 0 amide bonds. The van der Waals surface area contributed by atoms with Crippen molar-refractivity contribution in [1.82, 2.24) is 15.0 Å². The van der Waals surface area contributed by atoms with Gasteiger partial charge in [0.15, 0.2) is 5.82 Å². The van der Waals surface area contributed by atoms with Crippen LogP contribution < -0.4 is 4.90 Å². The second-order valence-corrected chi connectivity index (χ2v) is 11.7. The van der Waals surface area contributed by atoms with Gasteiger partial charge >= 0.3 is 0 Å². The fraction of sp³-hybridized carbons (Fsp3) is 0. The van der Waals surface area contributed by atoms with Crippen molar-refractivity contribution >= 4 is 28.0 Å². The summed E-state index contributed by atoms with van der Waals surface area (Å²) in [4.78, 5) is 17.7. The SMILES string of the molecule is c1ccc(-c2cc(-c3ccccc3)nc(-c3cccc(N4c5ccccc5-c5nc(-c6ccccc6)nc6cccc4c56)c3)c2)cc1. The molecule has 9 rings (SSSR count). The first-order chi connectivity index (χ1) is 23.3. The standard InChI is InChI=1S/C43H28N4/c1-4-14-29(15-5-1)33-27-37(30-16-6-2-7-17-30)44-38(28-33)32-20-12-21-34(26-32)47-39-24-11-10-22-35(39)42-41-36(23-13-25-40(41)47)45-43(46-42)31-18-8-3-9-19-31/h1-28H. The van der Waals surface area contributed by atoms with E-state index >= 15 is 0 Å². The lowest BCUT2D eigenvalue weighted by molar-refractivity contribution is 1.20. The lowest BCUT2D eigenvalue weighted by atomic mass is 9.95. The monoisotopic (exact) mass is 600 g/mol. The molecule has 6 aromatic carbocycles. The Balaban J connectivity index is 1.22. The van der Waals surface area contributed by atoms with Crippen molar-refractivity contribution in [1.29, 1.82) is 0 Å². The highest BCUT2D eigenvalue weighted by molar-refractivity contribution is 6.12. The van der Waals surface area contributed by atoms with Gasteiger partial charge < -0.3 is 4.90 Å². The summed E-state index contributed by atoms with van der Waals surface area (Å²) in [5.74, 6) is 0.731. The number of hydrogen-bond acceptors (Lipinski definition) is 4. The predicted octanol–water partition coefficient (Wildman–Crippen LogP) is 11.1. The van der Waals surface area contributed by atoms with E-state index in [1.807, 2.05) is 24.3 Å². The Morgan fingerprint density at radius 1 is 0.383 bits per heavy atom. The van der Waals surface area contributed by atoms with E-state index in [0.717, 1.165) is 84.3 Å². The quantitative estimate of drug-likeness (QED) is 0.197. The van der Waals surface area contributed by atoms with Gasteiger partial charge in [-0.05, 0) is 53.6 Å². The number of rotatable bonds is 5. The molecule has 220 valence electrons. The van der Waals surface area contributed by atoms with Gasteiger partial charge in [0.1, 0.15) is 0 Å². The minimum Gasteiger partial charge on any atom is -0.309 e. The Morgan fingerprint density at radius 3 is 1.74 bits per heavy atom. The van der Waals surface area contributed by atoms with E-state index in [-0.39, 0.29) is 0 Å². The van der Waals surface area contributed by atoms with E-state index < -0.39 is 0 Å². The molecule has 1 aliphatic rings. The van der Waals surface area contributed by atoms with Crippen molar-refractivity contribution in [3.05, 3.63) is 170 Å². The Kier molecular flexibility index (Phi) is 6.43. The summed E-state index contributed by atoms with van der Waals surface area (Å²) in [7, 11) is 0. The third-order valence-electron chi connectivity index (χ3n) is 8.78.